The minimum atomic E-state index is -3.39. The SMILES string of the molecule is [H]/N=C(\c1c(OC(F)F)cc(OCC2CC2)c(F)c1F)C(C(N)=O)c1ccccc1. The highest BCUT2D eigenvalue weighted by Crippen LogP contribution is 2.37. The second-order valence-electron chi connectivity index (χ2n) is 6.64. The van der Waals surface area contributed by atoms with E-state index in [9.17, 15) is 22.4 Å². The van der Waals surface area contributed by atoms with Crippen LogP contribution in [0, 0.1) is 23.0 Å². The number of halogens is 4. The maximum absolute atomic E-state index is 15.0. The number of carbonyl (C=O) groups excluding carboxylic acids is 1. The summed E-state index contributed by atoms with van der Waals surface area (Å²) in [5.41, 5.74) is 4.06. The van der Waals surface area contributed by atoms with Gasteiger partial charge in [0.25, 0.3) is 0 Å². The average Bonchev–Trinajstić information content (AvgIpc) is 3.53. The van der Waals surface area contributed by atoms with Gasteiger partial charge in [0, 0.05) is 6.07 Å². The topological polar surface area (TPSA) is 85.4 Å². The number of carbonyl (C=O) groups is 1. The Labute approximate surface area is 165 Å². The second-order valence-corrected chi connectivity index (χ2v) is 6.64. The van der Waals surface area contributed by atoms with Gasteiger partial charge in [0.2, 0.25) is 11.7 Å². The highest BCUT2D eigenvalue weighted by atomic mass is 19.3. The first-order valence-corrected chi connectivity index (χ1v) is 8.79. The highest BCUT2D eigenvalue weighted by Gasteiger charge is 2.33. The normalized spacial score (nSPS) is 15.8. The molecule has 2 aromatic rings. The van der Waals surface area contributed by atoms with Gasteiger partial charge in [0.05, 0.1) is 17.9 Å². The number of nitrogens with one attached hydrogen (secondary N) is 1. The Kier molecular flexibility index (Phi) is 5.64. The van der Waals surface area contributed by atoms with E-state index in [0.717, 1.165) is 18.9 Å². The van der Waals surface area contributed by atoms with Crippen LogP contribution < -0.4 is 15.2 Å². The summed E-state index contributed by atoms with van der Waals surface area (Å²) < 4.78 is 72.6. The molecular weight excluding hydrogens is 392 g/mol. The van der Waals surface area contributed by atoms with E-state index in [-0.39, 0.29) is 18.1 Å². The molecule has 1 atom stereocenters. The second kappa shape index (κ2) is 8.50. The van der Waals surface area contributed by atoms with Crippen molar-refractivity contribution in [3.63, 3.8) is 0 Å². The van der Waals surface area contributed by atoms with Crippen LogP contribution in [0.5, 0.6) is 11.5 Å². The van der Waals surface area contributed by atoms with Gasteiger partial charge in [-0.1, -0.05) is 30.3 Å². The molecule has 1 unspecified atom stereocenters. The summed E-state index contributed by atoms with van der Waals surface area (Å²) in [7, 11) is 0. The van der Waals surface area contributed by atoms with Crippen LogP contribution in [-0.4, -0.2) is 24.8 Å². The minimum absolute atomic E-state index is 0.0944. The van der Waals surface area contributed by atoms with Gasteiger partial charge in [-0.25, -0.2) is 4.39 Å². The molecule has 1 fully saturated rings. The maximum atomic E-state index is 15.0. The molecule has 1 aliphatic rings. The number of ether oxygens (including phenoxy) is 2. The molecule has 0 spiro atoms. The molecule has 3 rings (SSSR count). The number of hydrogen-bond acceptors (Lipinski definition) is 4. The molecule has 0 bridgehead atoms. The molecule has 3 N–H and O–H groups in total. The number of hydrogen-bond donors (Lipinski definition) is 2. The maximum Gasteiger partial charge on any atom is 0.387 e. The van der Waals surface area contributed by atoms with Crippen LogP contribution in [0.25, 0.3) is 0 Å². The molecule has 29 heavy (non-hydrogen) atoms. The first-order chi connectivity index (χ1) is 14.3. The van der Waals surface area contributed by atoms with Gasteiger partial charge in [0.1, 0.15) is 11.7 Å². The van der Waals surface area contributed by atoms with Crippen molar-refractivity contribution in [1.82, 2.24) is 0 Å². The van der Waals surface area contributed by atoms with Crippen molar-refractivity contribution in [3.8, 4) is 11.5 Å². The number of alkyl halides is 2. The van der Waals surface area contributed by atoms with Crippen LogP contribution in [0.4, 0.5) is 17.6 Å². The highest BCUT2D eigenvalue weighted by molar-refractivity contribution is 6.16. The summed E-state index contributed by atoms with van der Waals surface area (Å²) in [6.45, 7) is -3.29. The molecule has 2 aromatic carbocycles. The van der Waals surface area contributed by atoms with Crippen LogP contribution in [0.1, 0.15) is 29.9 Å². The van der Waals surface area contributed by atoms with Gasteiger partial charge in [-0.05, 0) is 24.3 Å². The average molecular weight is 410 g/mol. The van der Waals surface area contributed by atoms with Gasteiger partial charge in [0.15, 0.2) is 13.0 Å². The van der Waals surface area contributed by atoms with Crippen molar-refractivity contribution >= 4 is 11.6 Å². The van der Waals surface area contributed by atoms with Crippen molar-refractivity contribution in [2.45, 2.75) is 25.4 Å². The molecule has 9 heteroatoms. The van der Waals surface area contributed by atoms with Crippen LogP contribution in [-0.2, 0) is 4.79 Å². The quantitative estimate of drug-likeness (QED) is 0.484. The third-order valence-corrected chi connectivity index (χ3v) is 4.47. The summed E-state index contributed by atoms with van der Waals surface area (Å²) >= 11 is 0. The van der Waals surface area contributed by atoms with E-state index in [4.69, 9.17) is 11.9 Å². The molecular formula is C20H18F4N2O3. The standard InChI is InChI=1S/C20H18F4N2O3/c21-16-13(28-9-10-6-7-10)8-12(29-20(23)24)15(17(16)22)18(25)14(19(26)27)11-4-2-1-3-5-11/h1-5,8,10,14,20,25H,6-7,9H2,(H2,26,27)/b25-18-. The predicted molar refractivity (Wildman–Crippen MR) is 96.4 cm³/mol. The monoisotopic (exact) mass is 410 g/mol. The van der Waals surface area contributed by atoms with E-state index in [1.807, 2.05) is 0 Å². The van der Waals surface area contributed by atoms with Crippen molar-refractivity contribution in [2.75, 3.05) is 6.61 Å². The summed E-state index contributed by atoms with van der Waals surface area (Å²) in [5, 5.41) is 3.13. The van der Waals surface area contributed by atoms with E-state index < -0.39 is 52.8 Å². The lowest BCUT2D eigenvalue weighted by Gasteiger charge is -2.20. The van der Waals surface area contributed by atoms with Gasteiger partial charge >= 0.3 is 6.61 Å². The van der Waals surface area contributed by atoms with Crippen LogP contribution in [0.2, 0.25) is 1.41 Å². The van der Waals surface area contributed by atoms with Gasteiger partial charge in [-0.15, -0.1) is 0 Å². The molecule has 1 saturated carbocycles. The molecule has 1 amide bonds. The Morgan fingerprint density at radius 2 is 1.90 bits per heavy atom. The summed E-state index contributed by atoms with van der Waals surface area (Å²) in [6.07, 6.45) is 1.74. The van der Waals surface area contributed by atoms with E-state index in [0.29, 0.717) is 0 Å². The van der Waals surface area contributed by atoms with Crippen LogP contribution in [0.3, 0.4) is 0 Å². The van der Waals surface area contributed by atoms with E-state index in [2.05, 4.69) is 10.1 Å². The Hall–Kier alpha value is -3.10. The van der Waals surface area contributed by atoms with Crippen molar-refractivity contribution in [2.24, 2.45) is 11.7 Å². The first-order valence-electron chi connectivity index (χ1n) is 9.24. The summed E-state index contributed by atoms with van der Waals surface area (Å²) in [4.78, 5) is 12.1. The Morgan fingerprint density at radius 1 is 1.21 bits per heavy atom. The number of amides is 1. The lowest BCUT2D eigenvalue weighted by Crippen LogP contribution is -2.30. The fourth-order valence-electron chi connectivity index (χ4n) is 2.85. The fraction of sp³-hybridized carbons (Fsp3) is 0.300. The van der Waals surface area contributed by atoms with Gasteiger partial charge < -0.3 is 20.6 Å². The zero-order valence-corrected chi connectivity index (χ0v) is 15.1. The van der Waals surface area contributed by atoms with E-state index in [1.165, 1.54) is 12.1 Å². The first kappa shape index (κ1) is 19.2. The number of nitrogens with two attached hydrogens (primary N) is 1. The van der Waals surface area contributed by atoms with Crippen molar-refractivity contribution in [1.29, 1.82) is 5.40 Å². The largest absolute Gasteiger partial charge is 0.490 e. The number of rotatable bonds is 9. The lowest BCUT2D eigenvalue weighted by molar-refractivity contribution is -0.118. The molecule has 1 aliphatic carbocycles. The molecule has 0 aromatic heterocycles. The molecule has 0 heterocycles. The predicted octanol–water partition coefficient (Wildman–Crippen LogP) is 3.99. The fourth-order valence-corrected chi connectivity index (χ4v) is 2.85. The lowest BCUT2D eigenvalue weighted by atomic mass is 9.88. The summed E-state index contributed by atoms with van der Waals surface area (Å²) in [5.74, 6) is -6.88. The van der Waals surface area contributed by atoms with Crippen LogP contribution >= 0.6 is 0 Å². The zero-order chi connectivity index (χ0) is 21.8. The number of primary amides is 1. The van der Waals surface area contributed by atoms with Crippen LogP contribution in [0.15, 0.2) is 36.4 Å². The van der Waals surface area contributed by atoms with E-state index >= 15 is 0 Å². The zero-order valence-electron chi connectivity index (χ0n) is 16.1. The van der Waals surface area contributed by atoms with Crippen molar-refractivity contribution in [3.05, 3.63) is 59.2 Å². The molecule has 0 radical (unpaired) electrons. The van der Waals surface area contributed by atoms with Gasteiger partial charge in [-0.2, -0.15) is 13.2 Å². The van der Waals surface area contributed by atoms with Crippen molar-refractivity contribution < 1.29 is 33.2 Å². The van der Waals surface area contributed by atoms with E-state index in [1.54, 1.807) is 18.2 Å². The molecule has 0 aliphatic heterocycles. The Bertz CT molecular complexity index is 953. The number of benzene rings is 2. The van der Waals surface area contributed by atoms with Gasteiger partial charge in [-0.3, -0.25) is 4.79 Å². The minimum Gasteiger partial charge on any atom is -0.490 e. The molecule has 5 nitrogen and oxygen atoms in total. The summed E-state index contributed by atoms with van der Waals surface area (Å²) in [6, 6.07) is 8.41. The smallest absolute Gasteiger partial charge is 0.387 e. The Morgan fingerprint density at radius 3 is 2.45 bits per heavy atom. The molecule has 154 valence electrons. The molecule has 0 saturated heterocycles. The Balaban J connectivity index is 2.12. The third-order valence-electron chi connectivity index (χ3n) is 4.47. The third kappa shape index (κ3) is 4.67.